The number of hydrogen-bond donors (Lipinski definition) is 1. The van der Waals surface area contributed by atoms with Crippen LogP contribution in [-0.4, -0.2) is 29.5 Å². The first-order valence-corrected chi connectivity index (χ1v) is 12.5. The second-order valence-electron chi connectivity index (χ2n) is 9.64. The number of anilines is 2. The van der Waals surface area contributed by atoms with Crippen LogP contribution in [0.2, 0.25) is 0 Å². The summed E-state index contributed by atoms with van der Waals surface area (Å²) in [6.45, 7) is 9.37. The highest BCUT2D eigenvalue weighted by atomic mass is 32.2. The minimum Gasteiger partial charge on any atom is -0.363 e. The lowest BCUT2D eigenvalue weighted by atomic mass is 9.77. The van der Waals surface area contributed by atoms with E-state index in [0.717, 1.165) is 47.4 Å². The summed E-state index contributed by atoms with van der Waals surface area (Å²) in [6.07, 6.45) is 3.20. The molecular weight excluding hydrogens is 466 g/mol. The molecular formula is C27H30F2N4OS. The van der Waals surface area contributed by atoms with Gasteiger partial charge in [0.1, 0.15) is 11.6 Å². The topological polar surface area (TPSA) is 62.5 Å². The van der Waals surface area contributed by atoms with E-state index in [9.17, 15) is 13.6 Å². The first kappa shape index (κ1) is 25.1. The third-order valence-corrected chi connectivity index (χ3v) is 7.77. The van der Waals surface area contributed by atoms with Crippen LogP contribution in [0.3, 0.4) is 0 Å². The van der Waals surface area contributed by atoms with Crippen molar-refractivity contribution in [3.8, 4) is 11.3 Å². The molecule has 2 aromatic carbocycles. The molecule has 2 aliphatic rings. The molecule has 2 atom stereocenters. The Labute approximate surface area is 209 Å². The van der Waals surface area contributed by atoms with Crippen molar-refractivity contribution >= 4 is 29.7 Å². The summed E-state index contributed by atoms with van der Waals surface area (Å²) in [7, 11) is 0. The van der Waals surface area contributed by atoms with Crippen molar-refractivity contribution < 1.29 is 13.6 Å². The number of pyridine rings is 1. The predicted molar refractivity (Wildman–Crippen MR) is 138 cm³/mol. The third kappa shape index (κ3) is 4.77. The maximum absolute atomic E-state index is 14.4. The van der Waals surface area contributed by atoms with Crippen LogP contribution in [0.4, 0.5) is 20.2 Å². The SMILES string of the molecule is CC1CN(c2ccc(-c3ccccn3)cc2F)C1(C)C.CC1Cc2cc(F)c(SN)cc2N1C=O. The Morgan fingerprint density at radius 3 is 2.43 bits per heavy atom. The predicted octanol–water partition coefficient (Wildman–Crippen LogP) is 5.82. The second kappa shape index (κ2) is 9.95. The molecule has 0 radical (unpaired) electrons. The van der Waals surface area contributed by atoms with E-state index >= 15 is 0 Å². The number of fused-ring (bicyclic) bond motifs is 1. The summed E-state index contributed by atoms with van der Waals surface area (Å²) >= 11 is 0.858. The maximum atomic E-state index is 14.4. The van der Waals surface area contributed by atoms with Gasteiger partial charge < -0.3 is 9.80 Å². The standard InChI is InChI=1S/C17H19FN2.C10H11FN2OS/c1-12-11-20(17(12,2)3)16-8-7-13(10-14(16)18)15-6-4-5-9-19-15;1-6-2-7-3-8(11)10(15-12)4-9(7)13(6)5-14/h4-10,12H,11H2,1-3H3;3-6H,2,12H2,1H3. The Morgan fingerprint density at radius 2 is 1.86 bits per heavy atom. The van der Waals surface area contributed by atoms with E-state index in [1.54, 1.807) is 23.2 Å². The number of amides is 1. The van der Waals surface area contributed by atoms with Crippen molar-refractivity contribution in [1.82, 2.24) is 4.98 Å². The molecule has 1 saturated heterocycles. The number of rotatable bonds is 4. The van der Waals surface area contributed by atoms with Crippen molar-refractivity contribution in [2.24, 2.45) is 11.1 Å². The van der Waals surface area contributed by atoms with Gasteiger partial charge in [0, 0.05) is 35.6 Å². The van der Waals surface area contributed by atoms with E-state index in [4.69, 9.17) is 5.14 Å². The molecule has 3 aromatic rings. The van der Waals surface area contributed by atoms with Crippen molar-refractivity contribution in [2.45, 2.75) is 50.6 Å². The first-order valence-electron chi connectivity index (χ1n) is 11.6. The van der Waals surface area contributed by atoms with E-state index in [0.29, 0.717) is 22.9 Å². The first-order chi connectivity index (χ1) is 16.7. The number of nitrogens with two attached hydrogens (primary N) is 1. The normalized spacial score (nSPS) is 20.0. The maximum Gasteiger partial charge on any atom is 0.214 e. The van der Waals surface area contributed by atoms with Crippen LogP contribution in [-0.2, 0) is 11.2 Å². The largest absolute Gasteiger partial charge is 0.363 e. The van der Waals surface area contributed by atoms with Gasteiger partial charge in [-0.15, -0.1) is 0 Å². The smallest absolute Gasteiger partial charge is 0.214 e. The molecule has 1 aromatic heterocycles. The van der Waals surface area contributed by atoms with Gasteiger partial charge >= 0.3 is 0 Å². The van der Waals surface area contributed by atoms with E-state index in [1.165, 1.54) is 6.07 Å². The number of halogens is 2. The molecule has 1 amide bonds. The number of aromatic nitrogens is 1. The monoisotopic (exact) mass is 496 g/mol. The zero-order valence-electron chi connectivity index (χ0n) is 20.3. The Hall–Kier alpha value is -2.97. The Morgan fingerprint density at radius 1 is 1.09 bits per heavy atom. The number of hydrogen-bond acceptors (Lipinski definition) is 5. The van der Waals surface area contributed by atoms with Crippen LogP contribution >= 0.6 is 11.9 Å². The minimum absolute atomic E-state index is 0.0212. The average molecular weight is 497 g/mol. The Bertz CT molecular complexity index is 1220. The van der Waals surface area contributed by atoms with Crippen LogP contribution in [0, 0.1) is 17.6 Å². The van der Waals surface area contributed by atoms with Crippen molar-refractivity contribution in [3.05, 3.63) is 71.9 Å². The van der Waals surface area contributed by atoms with Gasteiger partial charge in [-0.3, -0.25) is 14.9 Å². The molecule has 2 N–H and O–H groups in total. The molecule has 35 heavy (non-hydrogen) atoms. The van der Waals surface area contributed by atoms with E-state index < -0.39 is 0 Å². The van der Waals surface area contributed by atoms with E-state index in [1.807, 2.05) is 37.3 Å². The summed E-state index contributed by atoms with van der Waals surface area (Å²) in [5.41, 5.74) is 3.96. The number of benzene rings is 2. The van der Waals surface area contributed by atoms with Crippen LogP contribution in [0.25, 0.3) is 11.3 Å². The highest BCUT2D eigenvalue weighted by Crippen LogP contribution is 2.41. The number of carbonyl (C=O) groups is 1. The third-order valence-electron chi connectivity index (χ3n) is 7.20. The summed E-state index contributed by atoms with van der Waals surface area (Å²) in [5, 5.41) is 5.34. The molecule has 5 nitrogen and oxygen atoms in total. The van der Waals surface area contributed by atoms with E-state index in [2.05, 4.69) is 30.7 Å². The Balaban J connectivity index is 0.000000172. The summed E-state index contributed by atoms with van der Waals surface area (Å²) < 4.78 is 27.8. The van der Waals surface area contributed by atoms with Crippen LogP contribution in [0.15, 0.2) is 59.6 Å². The molecule has 8 heteroatoms. The van der Waals surface area contributed by atoms with E-state index in [-0.39, 0.29) is 23.2 Å². The summed E-state index contributed by atoms with van der Waals surface area (Å²) in [6, 6.07) is 14.2. The fraction of sp³-hybridized carbons (Fsp3) is 0.333. The molecule has 0 saturated carbocycles. The molecule has 2 aliphatic heterocycles. The second-order valence-corrected chi connectivity index (χ2v) is 10.3. The molecule has 1 fully saturated rings. The minimum atomic E-state index is -0.318. The Kier molecular flexibility index (Phi) is 7.15. The van der Waals surface area contributed by atoms with Gasteiger partial charge in [0.05, 0.1) is 16.3 Å². The zero-order chi connectivity index (χ0) is 25.3. The molecule has 0 spiro atoms. The van der Waals surface area contributed by atoms with Crippen molar-refractivity contribution in [3.63, 3.8) is 0 Å². The lowest BCUT2D eigenvalue weighted by Gasteiger charge is -2.55. The fourth-order valence-electron chi connectivity index (χ4n) is 4.61. The molecule has 0 aliphatic carbocycles. The highest BCUT2D eigenvalue weighted by molar-refractivity contribution is 7.97. The lowest BCUT2D eigenvalue weighted by Crippen LogP contribution is -2.63. The molecule has 0 bridgehead atoms. The molecule has 5 rings (SSSR count). The van der Waals surface area contributed by atoms with Gasteiger partial charge in [-0.1, -0.05) is 19.1 Å². The number of carbonyl (C=O) groups excluding carboxylic acids is 1. The highest BCUT2D eigenvalue weighted by Gasteiger charge is 2.44. The van der Waals surface area contributed by atoms with Gasteiger partial charge in [0.25, 0.3) is 0 Å². The van der Waals surface area contributed by atoms with Gasteiger partial charge in [-0.25, -0.2) is 8.78 Å². The summed E-state index contributed by atoms with van der Waals surface area (Å²) in [4.78, 5) is 19.2. The zero-order valence-corrected chi connectivity index (χ0v) is 21.2. The van der Waals surface area contributed by atoms with Gasteiger partial charge in [-0.05, 0) is 87.0 Å². The molecule has 3 heterocycles. The molecule has 2 unspecified atom stereocenters. The van der Waals surface area contributed by atoms with Crippen LogP contribution in [0.5, 0.6) is 0 Å². The molecule has 184 valence electrons. The van der Waals surface area contributed by atoms with Crippen LogP contribution in [0.1, 0.15) is 33.3 Å². The average Bonchev–Trinajstić information content (AvgIpc) is 3.16. The summed E-state index contributed by atoms with van der Waals surface area (Å²) in [5.74, 6) is 0.0895. The fourth-order valence-corrected chi connectivity index (χ4v) is 4.96. The van der Waals surface area contributed by atoms with Crippen LogP contribution < -0.4 is 14.9 Å². The lowest BCUT2D eigenvalue weighted by molar-refractivity contribution is -0.107. The van der Waals surface area contributed by atoms with Gasteiger partial charge in [-0.2, -0.15) is 0 Å². The van der Waals surface area contributed by atoms with Gasteiger partial charge in [0.2, 0.25) is 6.41 Å². The van der Waals surface area contributed by atoms with Crippen molar-refractivity contribution in [1.29, 1.82) is 0 Å². The van der Waals surface area contributed by atoms with Gasteiger partial charge in [0.15, 0.2) is 0 Å². The number of nitrogens with zero attached hydrogens (tertiary/aromatic N) is 3. The van der Waals surface area contributed by atoms with Crippen molar-refractivity contribution in [2.75, 3.05) is 16.3 Å². The quantitative estimate of drug-likeness (QED) is 0.364.